The van der Waals surface area contributed by atoms with Crippen molar-refractivity contribution in [1.29, 1.82) is 0 Å². The second kappa shape index (κ2) is 3.46. The van der Waals surface area contributed by atoms with Gasteiger partial charge in [-0.1, -0.05) is 5.92 Å². The maximum Gasteiger partial charge on any atom is 0.335 e. The molecule has 2 aromatic rings. The third-order valence-corrected chi connectivity index (χ3v) is 2.03. The van der Waals surface area contributed by atoms with E-state index in [1.807, 2.05) is 0 Å². The normalized spacial score (nSPS) is 9.67. The number of carboxylic acid groups (broad SMARTS) is 1. The first-order valence-corrected chi connectivity index (χ1v) is 4.35. The summed E-state index contributed by atoms with van der Waals surface area (Å²) in [5, 5.41) is 8.84. The molecule has 1 heterocycles. The van der Waals surface area contributed by atoms with Crippen LogP contribution in [0, 0.1) is 12.0 Å². The van der Waals surface area contributed by atoms with Gasteiger partial charge in [0.15, 0.2) is 0 Å². The number of aromatic carboxylic acids is 1. The number of benzene rings is 1. The van der Waals surface area contributed by atoms with Crippen molar-refractivity contribution in [2.24, 2.45) is 0 Å². The highest BCUT2D eigenvalue weighted by molar-refractivity contribution is 5.92. The lowest BCUT2D eigenvalue weighted by Gasteiger charge is -1.95. The van der Waals surface area contributed by atoms with E-state index in [2.05, 4.69) is 16.9 Å². The molecule has 0 aliphatic heterocycles. The van der Waals surface area contributed by atoms with Crippen molar-refractivity contribution < 1.29 is 9.90 Å². The molecule has 74 valence electrons. The third-order valence-electron chi connectivity index (χ3n) is 2.03. The van der Waals surface area contributed by atoms with Crippen LogP contribution in [0.15, 0.2) is 24.5 Å². The van der Waals surface area contributed by atoms with Crippen molar-refractivity contribution >= 4 is 17.0 Å². The predicted molar refractivity (Wildman–Crippen MR) is 55.5 cm³/mol. The number of carboxylic acids is 1. The number of imidazole rings is 1. The zero-order chi connectivity index (χ0) is 10.8. The molecule has 0 atom stereocenters. The highest BCUT2D eigenvalue weighted by Gasteiger charge is 2.06. The first kappa shape index (κ1) is 9.28. The number of aromatic nitrogens is 2. The number of hydrogen-bond acceptors (Lipinski definition) is 2. The van der Waals surface area contributed by atoms with Gasteiger partial charge in [-0.2, -0.15) is 0 Å². The van der Waals surface area contributed by atoms with E-state index in [9.17, 15) is 4.79 Å². The molecule has 0 spiro atoms. The highest BCUT2D eigenvalue weighted by Crippen LogP contribution is 2.14. The van der Waals surface area contributed by atoms with E-state index in [1.165, 1.54) is 6.07 Å². The lowest BCUT2D eigenvalue weighted by Crippen LogP contribution is -1.96. The van der Waals surface area contributed by atoms with Crippen molar-refractivity contribution in [2.45, 2.75) is 6.92 Å². The second-order valence-electron chi connectivity index (χ2n) is 2.99. The fourth-order valence-electron chi connectivity index (χ4n) is 1.35. The second-order valence-corrected chi connectivity index (χ2v) is 2.99. The van der Waals surface area contributed by atoms with E-state index < -0.39 is 5.97 Å². The largest absolute Gasteiger partial charge is 0.478 e. The Morgan fingerprint density at radius 2 is 2.33 bits per heavy atom. The lowest BCUT2D eigenvalue weighted by atomic mass is 10.2. The SMILES string of the molecule is CC#Cn1cnc2ccc(C(=O)O)cc21. The van der Waals surface area contributed by atoms with Crippen LogP contribution < -0.4 is 0 Å². The fourth-order valence-corrected chi connectivity index (χ4v) is 1.35. The van der Waals surface area contributed by atoms with Crippen LogP contribution in [0.25, 0.3) is 11.0 Å². The summed E-state index contributed by atoms with van der Waals surface area (Å²) in [5.74, 6) is 1.79. The summed E-state index contributed by atoms with van der Waals surface area (Å²) in [6.07, 6.45) is 1.58. The Balaban J connectivity index is 2.70. The van der Waals surface area contributed by atoms with Crippen LogP contribution in [0.4, 0.5) is 0 Å². The molecule has 0 aliphatic carbocycles. The van der Waals surface area contributed by atoms with Crippen molar-refractivity contribution in [3.05, 3.63) is 30.1 Å². The first-order chi connectivity index (χ1) is 7.22. The number of hydrogen-bond donors (Lipinski definition) is 1. The van der Waals surface area contributed by atoms with E-state index in [0.717, 1.165) is 5.52 Å². The van der Waals surface area contributed by atoms with Crippen LogP contribution in [0.5, 0.6) is 0 Å². The maximum atomic E-state index is 10.8. The summed E-state index contributed by atoms with van der Waals surface area (Å²) < 4.78 is 1.61. The Morgan fingerprint density at radius 3 is 3.00 bits per heavy atom. The minimum absolute atomic E-state index is 0.238. The Kier molecular flexibility index (Phi) is 2.14. The van der Waals surface area contributed by atoms with Gasteiger partial charge in [-0.15, -0.1) is 0 Å². The molecule has 0 aliphatic rings. The Morgan fingerprint density at radius 1 is 1.53 bits per heavy atom. The van der Waals surface area contributed by atoms with Crippen LogP contribution in [0.2, 0.25) is 0 Å². The molecule has 4 nitrogen and oxygen atoms in total. The highest BCUT2D eigenvalue weighted by atomic mass is 16.4. The van der Waals surface area contributed by atoms with E-state index in [1.54, 1.807) is 30.0 Å². The Bertz CT molecular complexity index is 587. The van der Waals surface area contributed by atoms with Crippen LogP contribution in [-0.2, 0) is 0 Å². The molecular weight excluding hydrogens is 192 g/mol. The Hall–Kier alpha value is -2.28. The summed E-state index contributed by atoms with van der Waals surface area (Å²) in [6, 6.07) is 7.57. The van der Waals surface area contributed by atoms with Gasteiger partial charge in [0.2, 0.25) is 0 Å². The fraction of sp³-hybridized carbons (Fsp3) is 0.0909. The van der Waals surface area contributed by atoms with Crippen LogP contribution >= 0.6 is 0 Å². The summed E-state index contributed by atoms with van der Waals surface area (Å²) in [4.78, 5) is 14.9. The van der Waals surface area contributed by atoms with Gasteiger partial charge in [0.05, 0.1) is 16.6 Å². The average Bonchev–Trinajstić information content (AvgIpc) is 2.61. The standard InChI is InChI=1S/C11H8N2O2/c1-2-5-13-7-12-9-4-3-8(11(14)15)6-10(9)13/h3-4,6-7H,1H3,(H,14,15). The molecule has 2 rings (SSSR count). The number of fused-ring (bicyclic) bond motifs is 1. The average molecular weight is 200 g/mol. The minimum Gasteiger partial charge on any atom is -0.478 e. The van der Waals surface area contributed by atoms with E-state index >= 15 is 0 Å². The maximum absolute atomic E-state index is 10.8. The van der Waals surface area contributed by atoms with Gasteiger partial charge in [0, 0.05) is 6.04 Å². The molecule has 0 radical (unpaired) electrons. The smallest absolute Gasteiger partial charge is 0.335 e. The van der Waals surface area contributed by atoms with Gasteiger partial charge >= 0.3 is 5.97 Å². The first-order valence-electron chi connectivity index (χ1n) is 4.35. The summed E-state index contributed by atoms with van der Waals surface area (Å²) in [5.41, 5.74) is 1.69. The molecule has 15 heavy (non-hydrogen) atoms. The summed E-state index contributed by atoms with van der Waals surface area (Å²) in [6.45, 7) is 1.72. The molecule has 0 unspecified atom stereocenters. The molecule has 0 bridgehead atoms. The molecule has 4 heteroatoms. The number of rotatable bonds is 1. The molecule has 0 saturated heterocycles. The van der Waals surface area contributed by atoms with Gasteiger partial charge in [0.1, 0.15) is 6.33 Å². The van der Waals surface area contributed by atoms with Gasteiger partial charge in [-0.05, 0) is 25.1 Å². The van der Waals surface area contributed by atoms with Gasteiger partial charge < -0.3 is 5.11 Å². The monoisotopic (exact) mass is 200 g/mol. The Labute approximate surface area is 86.2 Å². The lowest BCUT2D eigenvalue weighted by molar-refractivity contribution is 0.0697. The molecule has 1 aromatic carbocycles. The zero-order valence-electron chi connectivity index (χ0n) is 8.06. The van der Waals surface area contributed by atoms with Crippen molar-refractivity contribution in [3.8, 4) is 12.0 Å². The van der Waals surface area contributed by atoms with Crippen LogP contribution in [-0.4, -0.2) is 20.6 Å². The van der Waals surface area contributed by atoms with Crippen molar-refractivity contribution in [1.82, 2.24) is 9.55 Å². The molecule has 1 aromatic heterocycles. The summed E-state index contributed by atoms with van der Waals surface area (Å²) >= 11 is 0. The van der Waals surface area contributed by atoms with Gasteiger partial charge in [-0.25, -0.2) is 9.78 Å². The van der Waals surface area contributed by atoms with Crippen LogP contribution in [0.3, 0.4) is 0 Å². The predicted octanol–water partition coefficient (Wildman–Crippen LogP) is 1.56. The number of nitrogens with zero attached hydrogens (tertiary/aromatic N) is 2. The van der Waals surface area contributed by atoms with E-state index in [0.29, 0.717) is 5.52 Å². The molecule has 0 amide bonds. The van der Waals surface area contributed by atoms with Gasteiger partial charge in [0.25, 0.3) is 0 Å². The summed E-state index contributed by atoms with van der Waals surface area (Å²) in [7, 11) is 0. The van der Waals surface area contributed by atoms with Crippen molar-refractivity contribution in [3.63, 3.8) is 0 Å². The zero-order valence-corrected chi connectivity index (χ0v) is 8.06. The van der Waals surface area contributed by atoms with E-state index in [4.69, 9.17) is 5.11 Å². The molecule has 0 fully saturated rings. The number of carbonyl (C=O) groups is 1. The van der Waals surface area contributed by atoms with Crippen molar-refractivity contribution in [2.75, 3.05) is 0 Å². The topological polar surface area (TPSA) is 55.1 Å². The van der Waals surface area contributed by atoms with E-state index in [-0.39, 0.29) is 5.56 Å². The molecule has 0 saturated carbocycles. The molecular formula is C11H8N2O2. The quantitative estimate of drug-likeness (QED) is 0.711. The minimum atomic E-state index is -0.950. The molecule has 1 N–H and O–H groups in total. The van der Waals surface area contributed by atoms with Gasteiger partial charge in [-0.3, -0.25) is 4.57 Å². The third kappa shape index (κ3) is 1.55. The van der Waals surface area contributed by atoms with Crippen LogP contribution in [0.1, 0.15) is 17.3 Å².